The molecule has 0 aromatic heterocycles. The van der Waals surface area contributed by atoms with Gasteiger partial charge in [0.15, 0.2) is 6.61 Å². The van der Waals surface area contributed by atoms with Crippen molar-refractivity contribution in [3.63, 3.8) is 0 Å². The number of nitrogens with one attached hydrogen (secondary N) is 1. The molecule has 1 aromatic carbocycles. The number of hydrogen-bond acceptors (Lipinski definition) is 3. The van der Waals surface area contributed by atoms with Crippen LogP contribution in [0.25, 0.3) is 0 Å². The van der Waals surface area contributed by atoms with Gasteiger partial charge in [0.2, 0.25) is 0 Å². The third-order valence-corrected chi connectivity index (χ3v) is 3.83. The van der Waals surface area contributed by atoms with E-state index in [1.165, 1.54) is 4.90 Å². The third kappa shape index (κ3) is 5.42. The zero-order chi connectivity index (χ0) is 15.1. The highest BCUT2D eigenvalue weighted by atomic mass is 79.9. The molecule has 1 aromatic rings. The lowest BCUT2D eigenvalue weighted by molar-refractivity contribution is -0.130. The minimum absolute atomic E-state index is 0.0254. The molecule has 0 spiro atoms. The van der Waals surface area contributed by atoms with Gasteiger partial charge in [-0.25, -0.2) is 0 Å². The molecule has 0 heterocycles. The molecule has 0 fully saturated rings. The first-order valence-corrected chi connectivity index (χ1v) is 8.05. The fourth-order valence-electron chi connectivity index (χ4n) is 1.52. The summed E-state index contributed by atoms with van der Waals surface area (Å²) in [6.07, 6.45) is 1.11. The number of amides is 1. The fourth-order valence-corrected chi connectivity index (χ4v) is 3.04. The molecule has 0 unspecified atom stereocenters. The summed E-state index contributed by atoms with van der Waals surface area (Å²) in [4.78, 5) is 13.0. The topological polar surface area (TPSA) is 41.6 Å². The van der Waals surface area contributed by atoms with Crippen molar-refractivity contribution in [2.75, 3.05) is 27.2 Å². The molecular formula is C14H20Br2N2O2. The second-order valence-corrected chi connectivity index (χ2v) is 6.35. The van der Waals surface area contributed by atoms with Crippen molar-refractivity contribution in [3.8, 4) is 5.75 Å². The zero-order valence-electron chi connectivity index (χ0n) is 12.0. The first-order chi connectivity index (χ1) is 9.45. The molecule has 0 saturated carbocycles. The van der Waals surface area contributed by atoms with E-state index in [1.54, 1.807) is 14.1 Å². The second kappa shape index (κ2) is 8.64. The number of carbonyl (C=O) groups is 1. The Hall–Kier alpha value is -0.590. The molecule has 112 valence electrons. The van der Waals surface area contributed by atoms with Crippen LogP contribution in [0, 0.1) is 0 Å². The maximum absolute atomic E-state index is 11.5. The Balaban J connectivity index is 2.71. The maximum Gasteiger partial charge on any atom is 0.259 e. The molecule has 0 atom stereocenters. The highest BCUT2D eigenvalue weighted by Gasteiger charge is 2.12. The Morgan fingerprint density at radius 2 is 1.90 bits per heavy atom. The highest BCUT2D eigenvalue weighted by molar-refractivity contribution is 9.11. The van der Waals surface area contributed by atoms with Crippen LogP contribution >= 0.6 is 31.9 Å². The van der Waals surface area contributed by atoms with Gasteiger partial charge in [0.05, 0.1) is 8.95 Å². The maximum atomic E-state index is 11.5. The summed E-state index contributed by atoms with van der Waals surface area (Å²) in [6.45, 7) is 3.96. The monoisotopic (exact) mass is 406 g/mol. The Labute approximate surface area is 137 Å². The van der Waals surface area contributed by atoms with Crippen molar-refractivity contribution in [2.45, 2.75) is 19.9 Å². The van der Waals surface area contributed by atoms with Gasteiger partial charge in [0.25, 0.3) is 5.91 Å². The van der Waals surface area contributed by atoms with E-state index < -0.39 is 0 Å². The smallest absolute Gasteiger partial charge is 0.259 e. The number of nitrogens with zero attached hydrogens (tertiary/aromatic N) is 1. The number of benzene rings is 1. The van der Waals surface area contributed by atoms with E-state index in [-0.39, 0.29) is 12.5 Å². The van der Waals surface area contributed by atoms with Gasteiger partial charge in [-0.15, -0.1) is 0 Å². The van der Waals surface area contributed by atoms with Gasteiger partial charge in [0, 0.05) is 20.6 Å². The van der Waals surface area contributed by atoms with Gasteiger partial charge in [-0.1, -0.05) is 6.92 Å². The van der Waals surface area contributed by atoms with Crippen LogP contribution in [-0.4, -0.2) is 38.1 Å². The van der Waals surface area contributed by atoms with E-state index in [1.807, 2.05) is 12.1 Å². The van der Waals surface area contributed by atoms with Crippen LogP contribution in [0.3, 0.4) is 0 Å². The van der Waals surface area contributed by atoms with Crippen LogP contribution in [0.4, 0.5) is 0 Å². The highest BCUT2D eigenvalue weighted by Crippen LogP contribution is 2.34. The van der Waals surface area contributed by atoms with Gasteiger partial charge >= 0.3 is 0 Å². The van der Waals surface area contributed by atoms with E-state index in [0.29, 0.717) is 5.75 Å². The van der Waals surface area contributed by atoms with E-state index in [2.05, 4.69) is 44.1 Å². The lowest BCUT2D eigenvalue weighted by Crippen LogP contribution is -2.27. The lowest BCUT2D eigenvalue weighted by Gasteiger charge is -2.14. The first-order valence-electron chi connectivity index (χ1n) is 6.47. The quantitative estimate of drug-likeness (QED) is 0.705. The molecule has 1 rings (SSSR count). The molecule has 0 aliphatic heterocycles. The van der Waals surface area contributed by atoms with Crippen molar-refractivity contribution in [3.05, 3.63) is 26.6 Å². The number of likely N-dealkylation sites (N-methyl/N-ethyl adjacent to an activating group) is 1. The van der Waals surface area contributed by atoms with Gasteiger partial charge in [-0.3, -0.25) is 4.79 Å². The molecule has 6 heteroatoms. The predicted molar refractivity (Wildman–Crippen MR) is 88.0 cm³/mol. The SMILES string of the molecule is CCCNCc1cc(Br)c(OCC(=O)N(C)C)c(Br)c1. The Bertz CT molecular complexity index is 441. The number of carbonyl (C=O) groups excluding carboxylic acids is 1. The van der Waals surface area contributed by atoms with Gasteiger partial charge < -0.3 is 15.0 Å². The standard InChI is InChI=1S/C14H20Br2N2O2/c1-4-5-17-8-10-6-11(15)14(12(16)7-10)20-9-13(19)18(2)3/h6-7,17H,4-5,8-9H2,1-3H3. The zero-order valence-corrected chi connectivity index (χ0v) is 15.2. The Morgan fingerprint density at radius 1 is 1.30 bits per heavy atom. The van der Waals surface area contributed by atoms with Crippen molar-refractivity contribution >= 4 is 37.8 Å². The van der Waals surface area contributed by atoms with E-state index >= 15 is 0 Å². The molecule has 0 radical (unpaired) electrons. The molecular weight excluding hydrogens is 388 g/mol. The predicted octanol–water partition coefficient (Wildman–Crippen LogP) is 3.18. The van der Waals surface area contributed by atoms with E-state index in [9.17, 15) is 4.79 Å². The largest absolute Gasteiger partial charge is 0.481 e. The van der Waals surface area contributed by atoms with E-state index in [4.69, 9.17) is 4.74 Å². The second-order valence-electron chi connectivity index (χ2n) is 4.64. The van der Waals surface area contributed by atoms with Crippen LogP contribution in [0.15, 0.2) is 21.1 Å². The number of hydrogen-bond donors (Lipinski definition) is 1. The molecule has 1 N–H and O–H groups in total. The van der Waals surface area contributed by atoms with Crippen molar-refractivity contribution in [1.82, 2.24) is 10.2 Å². The van der Waals surface area contributed by atoms with E-state index in [0.717, 1.165) is 34.0 Å². The third-order valence-electron chi connectivity index (χ3n) is 2.65. The molecule has 20 heavy (non-hydrogen) atoms. The van der Waals surface area contributed by atoms with Crippen LogP contribution in [0.1, 0.15) is 18.9 Å². The van der Waals surface area contributed by atoms with Crippen molar-refractivity contribution < 1.29 is 9.53 Å². The van der Waals surface area contributed by atoms with Crippen LogP contribution < -0.4 is 10.1 Å². The lowest BCUT2D eigenvalue weighted by atomic mass is 10.2. The van der Waals surface area contributed by atoms with Gasteiger partial charge in [-0.2, -0.15) is 0 Å². The summed E-state index contributed by atoms with van der Waals surface area (Å²) >= 11 is 6.97. The first kappa shape index (κ1) is 17.5. The number of halogens is 2. The summed E-state index contributed by atoms with van der Waals surface area (Å²) in [6, 6.07) is 4.01. The minimum atomic E-state index is -0.0718. The average Bonchev–Trinajstić information content (AvgIpc) is 2.37. The fraction of sp³-hybridized carbons (Fsp3) is 0.500. The Morgan fingerprint density at radius 3 is 2.40 bits per heavy atom. The van der Waals surface area contributed by atoms with Gasteiger partial charge in [0.1, 0.15) is 5.75 Å². The molecule has 1 amide bonds. The molecule has 4 nitrogen and oxygen atoms in total. The molecule has 0 saturated heterocycles. The van der Waals surface area contributed by atoms with Crippen LogP contribution in [-0.2, 0) is 11.3 Å². The summed E-state index contributed by atoms with van der Waals surface area (Å²) in [5.41, 5.74) is 1.16. The summed E-state index contributed by atoms with van der Waals surface area (Å²) in [7, 11) is 3.41. The molecule has 0 aliphatic rings. The summed E-state index contributed by atoms with van der Waals surface area (Å²) < 4.78 is 7.25. The number of rotatable bonds is 7. The minimum Gasteiger partial charge on any atom is -0.481 e. The summed E-state index contributed by atoms with van der Waals surface area (Å²) in [5.74, 6) is 0.580. The molecule has 0 aliphatic carbocycles. The van der Waals surface area contributed by atoms with Gasteiger partial charge in [-0.05, 0) is 62.5 Å². The average molecular weight is 408 g/mol. The van der Waals surface area contributed by atoms with Crippen LogP contribution in [0.2, 0.25) is 0 Å². The van der Waals surface area contributed by atoms with Crippen molar-refractivity contribution in [2.24, 2.45) is 0 Å². The molecule has 0 bridgehead atoms. The normalized spacial score (nSPS) is 10.4. The Kier molecular flexibility index (Phi) is 7.55. The summed E-state index contributed by atoms with van der Waals surface area (Å²) in [5, 5.41) is 3.35. The number of ether oxygens (including phenoxy) is 1. The van der Waals surface area contributed by atoms with Crippen molar-refractivity contribution in [1.29, 1.82) is 0 Å². The van der Waals surface area contributed by atoms with Crippen LogP contribution in [0.5, 0.6) is 5.75 Å².